The van der Waals surface area contributed by atoms with Gasteiger partial charge in [-0.3, -0.25) is 13.8 Å². The van der Waals surface area contributed by atoms with Crippen LogP contribution in [0.5, 0.6) is 0 Å². The van der Waals surface area contributed by atoms with Crippen molar-refractivity contribution in [1.29, 1.82) is 0 Å². The molecule has 0 aliphatic rings. The molecule has 0 saturated heterocycles. The maximum absolute atomic E-state index is 12.8. The molecule has 5 N–H and O–H groups in total. The van der Waals surface area contributed by atoms with E-state index in [0.717, 1.165) is 38.5 Å². The third-order valence-electron chi connectivity index (χ3n) is 12.4. The van der Waals surface area contributed by atoms with Gasteiger partial charge >= 0.3 is 7.82 Å². The molecule has 0 aromatic heterocycles. The number of phosphoric acid groups is 1. The number of hydrogen-bond acceptors (Lipinski definition) is 6. The van der Waals surface area contributed by atoms with Gasteiger partial charge in [-0.25, -0.2) is 4.57 Å². The minimum Gasteiger partial charge on any atom is -0.387 e. The molecule has 9 heteroatoms. The number of unbranched alkanes of at least 4 members (excludes halogenated alkanes) is 39. The molecule has 0 aliphatic carbocycles. The van der Waals surface area contributed by atoms with Crippen LogP contribution in [0.3, 0.4) is 0 Å². The van der Waals surface area contributed by atoms with Crippen LogP contribution in [0.2, 0.25) is 0 Å². The molecule has 61 heavy (non-hydrogen) atoms. The van der Waals surface area contributed by atoms with E-state index in [0.29, 0.717) is 6.42 Å². The van der Waals surface area contributed by atoms with E-state index in [4.69, 9.17) is 14.8 Å². The SMILES string of the molecule is CCCCCCCCCCCC/C=C/[C@@H](O)[C@H](COP(=O)(O)OCCN)NC(=O)CCCCCCCCCCCCCCCCCCCCCCCCCCCCCCCC. The summed E-state index contributed by atoms with van der Waals surface area (Å²) in [4.78, 5) is 22.8. The molecule has 3 atom stereocenters. The maximum Gasteiger partial charge on any atom is 0.472 e. The van der Waals surface area contributed by atoms with E-state index in [9.17, 15) is 19.4 Å². The summed E-state index contributed by atoms with van der Waals surface area (Å²) >= 11 is 0. The summed E-state index contributed by atoms with van der Waals surface area (Å²) < 4.78 is 22.2. The highest BCUT2D eigenvalue weighted by atomic mass is 31.2. The number of nitrogens with two attached hydrogens (primary N) is 1. The summed E-state index contributed by atoms with van der Waals surface area (Å²) in [5.74, 6) is -0.188. The lowest BCUT2D eigenvalue weighted by molar-refractivity contribution is -0.123. The molecular formula is C52H105N2O6P. The van der Waals surface area contributed by atoms with Crippen molar-refractivity contribution in [3.05, 3.63) is 12.2 Å². The first-order valence-corrected chi connectivity index (χ1v) is 28.3. The average molecular weight is 885 g/mol. The van der Waals surface area contributed by atoms with E-state index in [-0.39, 0.29) is 25.7 Å². The molecule has 0 bridgehead atoms. The Kier molecular flexibility index (Phi) is 48.1. The number of carbonyl (C=O) groups is 1. The average Bonchev–Trinajstić information content (AvgIpc) is 3.25. The fraction of sp³-hybridized carbons (Fsp3) is 0.942. The normalized spacial score (nSPS) is 13.9. The predicted molar refractivity (Wildman–Crippen MR) is 263 cm³/mol. The molecule has 0 rings (SSSR count). The molecule has 8 nitrogen and oxygen atoms in total. The lowest BCUT2D eigenvalue weighted by Gasteiger charge is -2.23. The van der Waals surface area contributed by atoms with Gasteiger partial charge in [-0.05, 0) is 19.3 Å². The predicted octanol–water partition coefficient (Wildman–Crippen LogP) is 15.9. The number of rotatable bonds is 51. The number of amides is 1. The highest BCUT2D eigenvalue weighted by Gasteiger charge is 2.26. The molecule has 0 heterocycles. The lowest BCUT2D eigenvalue weighted by atomic mass is 10.0. The summed E-state index contributed by atoms with van der Waals surface area (Å²) in [6.07, 6.45) is 57.3. The number of carbonyl (C=O) groups excluding carboxylic acids is 1. The Morgan fingerprint density at radius 2 is 0.836 bits per heavy atom. The topological polar surface area (TPSA) is 131 Å². The van der Waals surface area contributed by atoms with E-state index >= 15 is 0 Å². The second-order valence-electron chi connectivity index (χ2n) is 18.5. The van der Waals surface area contributed by atoms with Crippen LogP contribution in [0, 0.1) is 0 Å². The van der Waals surface area contributed by atoms with Crippen molar-refractivity contribution in [2.45, 2.75) is 296 Å². The Bertz CT molecular complexity index is 968. The molecule has 1 unspecified atom stereocenters. The second-order valence-corrected chi connectivity index (χ2v) is 19.9. The van der Waals surface area contributed by atoms with Crippen molar-refractivity contribution < 1.29 is 28.4 Å². The van der Waals surface area contributed by atoms with Gasteiger partial charge in [-0.2, -0.15) is 0 Å². The zero-order valence-corrected chi connectivity index (χ0v) is 41.6. The van der Waals surface area contributed by atoms with Crippen LogP contribution in [0.25, 0.3) is 0 Å². The molecule has 0 aromatic carbocycles. The van der Waals surface area contributed by atoms with E-state index in [2.05, 4.69) is 19.2 Å². The highest BCUT2D eigenvalue weighted by molar-refractivity contribution is 7.47. The van der Waals surface area contributed by atoms with Crippen LogP contribution >= 0.6 is 7.82 Å². The van der Waals surface area contributed by atoms with Crippen LogP contribution in [0.4, 0.5) is 0 Å². The van der Waals surface area contributed by atoms with Crippen LogP contribution in [0.15, 0.2) is 12.2 Å². The van der Waals surface area contributed by atoms with Crippen molar-refractivity contribution in [3.8, 4) is 0 Å². The zero-order valence-electron chi connectivity index (χ0n) is 40.7. The molecule has 0 aliphatic heterocycles. The van der Waals surface area contributed by atoms with Gasteiger partial charge in [0.1, 0.15) is 0 Å². The number of hydrogen-bond donors (Lipinski definition) is 4. The summed E-state index contributed by atoms with van der Waals surface area (Å²) in [5.41, 5.74) is 5.38. The monoisotopic (exact) mass is 885 g/mol. The van der Waals surface area contributed by atoms with E-state index in [1.807, 2.05) is 6.08 Å². The Hall–Kier alpha value is -0.760. The van der Waals surface area contributed by atoms with Crippen LogP contribution in [-0.2, 0) is 18.4 Å². The molecule has 0 aromatic rings. The molecule has 0 saturated carbocycles. The Labute approximate surface area is 379 Å². The smallest absolute Gasteiger partial charge is 0.387 e. The van der Waals surface area contributed by atoms with Crippen LogP contribution < -0.4 is 11.1 Å². The van der Waals surface area contributed by atoms with Gasteiger partial charge in [0.25, 0.3) is 0 Å². The highest BCUT2D eigenvalue weighted by Crippen LogP contribution is 2.43. The summed E-state index contributed by atoms with van der Waals surface area (Å²) in [5, 5.41) is 13.7. The van der Waals surface area contributed by atoms with Gasteiger partial charge in [0.15, 0.2) is 0 Å². The van der Waals surface area contributed by atoms with Crippen LogP contribution in [-0.4, -0.2) is 47.8 Å². The largest absolute Gasteiger partial charge is 0.472 e. The first-order valence-electron chi connectivity index (χ1n) is 26.8. The van der Waals surface area contributed by atoms with Gasteiger partial charge in [0, 0.05) is 13.0 Å². The number of phosphoric ester groups is 1. The second kappa shape index (κ2) is 48.7. The lowest BCUT2D eigenvalue weighted by Crippen LogP contribution is -2.45. The number of aliphatic hydroxyl groups excluding tert-OH is 1. The van der Waals surface area contributed by atoms with Crippen LogP contribution in [0.1, 0.15) is 284 Å². The minimum absolute atomic E-state index is 0.0814. The van der Waals surface area contributed by atoms with Gasteiger partial charge < -0.3 is 21.1 Å². The molecule has 0 fully saturated rings. The fourth-order valence-corrected chi connectivity index (χ4v) is 9.07. The van der Waals surface area contributed by atoms with E-state index in [1.54, 1.807) is 6.08 Å². The Morgan fingerprint density at radius 1 is 0.525 bits per heavy atom. The van der Waals surface area contributed by atoms with Gasteiger partial charge in [0.05, 0.1) is 25.4 Å². The van der Waals surface area contributed by atoms with Crippen molar-refractivity contribution >= 4 is 13.7 Å². The third-order valence-corrected chi connectivity index (χ3v) is 13.3. The standard InChI is InChI=1S/C52H105N2O6P/c1-3-5-7-9-11-13-15-17-18-19-20-21-22-23-24-25-26-27-28-29-30-31-32-33-34-36-38-40-42-44-46-52(56)54-50(49-60-61(57,58)59-48-47-53)51(55)45-43-41-39-37-35-16-14-12-10-8-6-4-2/h43,45,50-51,55H,3-42,44,46-49,53H2,1-2H3,(H,54,56)(H,57,58)/b45-43+/t50-,51+/m0/s1. The van der Waals surface area contributed by atoms with E-state index < -0.39 is 20.0 Å². The summed E-state index contributed by atoms with van der Waals surface area (Å²) in [6, 6.07) is -0.855. The number of aliphatic hydroxyl groups is 1. The van der Waals surface area contributed by atoms with Crippen molar-refractivity contribution in [2.75, 3.05) is 19.8 Å². The molecule has 0 radical (unpaired) electrons. The molecular weight excluding hydrogens is 780 g/mol. The fourth-order valence-electron chi connectivity index (χ4n) is 8.31. The minimum atomic E-state index is -4.34. The quantitative estimate of drug-likeness (QED) is 0.0272. The van der Waals surface area contributed by atoms with Crippen molar-refractivity contribution in [2.24, 2.45) is 5.73 Å². The first kappa shape index (κ1) is 60.2. The molecule has 364 valence electrons. The van der Waals surface area contributed by atoms with Crippen molar-refractivity contribution in [1.82, 2.24) is 5.32 Å². The van der Waals surface area contributed by atoms with Gasteiger partial charge in [-0.1, -0.05) is 270 Å². The molecule has 0 spiro atoms. The molecule has 1 amide bonds. The third kappa shape index (κ3) is 47.0. The van der Waals surface area contributed by atoms with Gasteiger partial charge in [-0.15, -0.1) is 0 Å². The van der Waals surface area contributed by atoms with E-state index in [1.165, 1.54) is 225 Å². The summed E-state index contributed by atoms with van der Waals surface area (Å²) in [7, 11) is -4.34. The Balaban J connectivity index is 3.84. The number of nitrogens with one attached hydrogen (secondary N) is 1. The van der Waals surface area contributed by atoms with Crippen molar-refractivity contribution in [3.63, 3.8) is 0 Å². The Morgan fingerprint density at radius 3 is 1.16 bits per heavy atom. The number of allylic oxidation sites excluding steroid dienone is 1. The summed E-state index contributed by atoms with van der Waals surface area (Å²) in [6.45, 7) is 4.17. The zero-order chi connectivity index (χ0) is 44.6. The maximum atomic E-state index is 12.8. The first-order chi connectivity index (χ1) is 29.9. The van der Waals surface area contributed by atoms with Gasteiger partial charge in [0.2, 0.25) is 5.91 Å².